The van der Waals surface area contributed by atoms with Crippen LogP contribution in [0.25, 0.3) is 0 Å². The monoisotopic (exact) mass is 254 g/mol. The van der Waals surface area contributed by atoms with Crippen LogP contribution in [-0.2, 0) is 4.79 Å². The van der Waals surface area contributed by atoms with Crippen LogP contribution in [0.5, 0.6) is 0 Å². The minimum atomic E-state index is 0.220. The van der Waals surface area contributed by atoms with Crippen LogP contribution in [0.2, 0.25) is 0 Å². The molecule has 0 bridgehead atoms. The Morgan fingerprint density at radius 1 is 1.33 bits per heavy atom. The zero-order chi connectivity index (χ0) is 13.5. The maximum Gasteiger partial charge on any atom is 0.225 e. The normalized spacial score (nSPS) is 21.4. The molecule has 0 aromatic heterocycles. The quantitative estimate of drug-likeness (QED) is 0.818. The highest BCUT2D eigenvalue weighted by Gasteiger charge is 2.29. The fourth-order valence-corrected chi connectivity index (χ4v) is 2.85. The molecule has 0 radical (unpaired) electrons. The largest absolute Gasteiger partial charge is 0.338 e. The summed E-state index contributed by atoms with van der Waals surface area (Å²) in [5.41, 5.74) is 0. The number of nitrogens with one attached hydrogen (secondary N) is 1. The van der Waals surface area contributed by atoms with Crippen LogP contribution in [-0.4, -0.2) is 36.5 Å². The number of nitrogens with zero attached hydrogens (tertiary/aromatic N) is 1. The predicted octanol–water partition coefficient (Wildman–Crippen LogP) is 2.66. The molecule has 0 aliphatic carbocycles. The molecule has 1 unspecified atom stereocenters. The highest BCUT2D eigenvalue weighted by atomic mass is 16.2. The van der Waals surface area contributed by atoms with E-state index in [2.05, 4.69) is 37.9 Å². The summed E-state index contributed by atoms with van der Waals surface area (Å²) in [6.07, 6.45) is 4.13. The van der Waals surface area contributed by atoms with Gasteiger partial charge in [-0.3, -0.25) is 4.79 Å². The van der Waals surface area contributed by atoms with E-state index in [1.165, 1.54) is 0 Å². The van der Waals surface area contributed by atoms with Crippen molar-refractivity contribution in [2.75, 3.05) is 19.6 Å². The van der Waals surface area contributed by atoms with E-state index in [9.17, 15) is 4.79 Å². The first kappa shape index (κ1) is 15.5. The topological polar surface area (TPSA) is 32.3 Å². The van der Waals surface area contributed by atoms with E-state index < -0.39 is 0 Å². The molecule has 0 aromatic rings. The third-order valence-corrected chi connectivity index (χ3v) is 3.93. The lowest BCUT2D eigenvalue weighted by molar-refractivity contribution is -0.138. The van der Waals surface area contributed by atoms with E-state index in [1.807, 2.05) is 0 Å². The van der Waals surface area contributed by atoms with Crippen LogP contribution >= 0.6 is 0 Å². The van der Waals surface area contributed by atoms with Gasteiger partial charge in [0.15, 0.2) is 0 Å². The summed E-state index contributed by atoms with van der Waals surface area (Å²) in [6.45, 7) is 11.7. The summed E-state index contributed by atoms with van der Waals surface area (Å²) >= 11 is 0. The van der Waals surface area contributed by atoms with E-state index in [0.29, 0.717) is 17.9 Å². The van der Waals surface area contributed by atoms with Gasteiger partial charge < -0.3 is 10.2 Å². The maximum atomic E-state index is 12.6. The average Bonchev–Trinajstić information content (AvgIpc) is 2.55. The molecule has 1 aliphatic rings. The molecule has 0 aromatic carbocycles. The molecule has 3 heteroatoms. The van der Waals surface area contributed by atoms with Gasteiger partial charge in [-0.25, -0.2) is 0 Å². The molecule has 1 rings (SSSR count). The highest BCUT2D eigenvalue weighted by Crippen LogP contribution is 2.19. The van der Waals surface area contributed by atoms with Gasteiger partial charge in [-0.2, -0.15) is 0 Å². The fourth-order valence-electron chi connectivity index (χ4n) is 2.85. The lowest BCUT2D eigenvalue weighted by Gasteiger charge is -2.33. The van der Waals surface area contributed by atoms with Gasteiger partial charge in [0.1, 0.15) is 0 Å². The standard InChI is InChI=1S/C15H30N2O/c1-5-13(6-2)15(18)17-9-7-8-16-11-14(17)10-12(3)4/h12-14,16H,5-11H2,1-4H3. The Bertz CT molecular complexity index is 249. The van der Waals surface area contributed by atoms with Crippen molar-refractivity contribution in [3.63, 3.8) is 0 Å². The maximum absolute atomic E-state index is 12.6. The second-order valence-corrected chi connectivity index (χ2v) is 5.89. The first-order chi connectivity index (χ1) is 8.60. The van der Waals surface area contributed by atoms with E-state index >= 15 is 0 Å². The molecule has 18 heavy (non-hydrogen) atoms. The van der Waals surface area contributed by atoms with Crippen molar-refractivity contribution in [2.24, 2.45) is 11.8 Å². The Labute approximate surface area is 112 Å². The number of hydrogen-bond donors (Lipinski definition) is 1. The van der Waals surface area contributed by atoms with Crippen molar-refractivity contribution >= 4 is 5.91 Å². The SMILES string of the molecule is CCC(CC)C(=O)N1CCCNCC1CC(C)C. The molecule has 3 nitrogen and oxygen atoms in total. The van der Waals surface area contributed by atoms with Gasteiger partial charge in [-0.1, -0.05) is 27.7 Å². The summed E-state index contributed by atoms with van der Waals surface area (Å²) in [4.78, 5) is 14.8. The molecule has 1 amide bonds. The van der Waals surface area contributed by atoms with Crippen LogP contribution in [0.4, 0.5) is 0 Å². The molecular weight excluding hydrogens is 224 g/mol. The smallest absolute Gasteiger partial charge is 0.225 e. The molecule has 0 spiro atoms. The molecule has 1 saturated heterocycles. The van der Waals surface area contributed by atoms with Gasteiger partial charge in [0, 0.05) is 25.0 Å². The van der Waals surface area contributed by atoms with Gasteiger partial charge in [0.2, 0.25) is 5.91 Å². The Morgan fingerprint density at radius 3 is 2.56 bits per heavy atom. The Kier molecular flexibility index (Phi) is 6.69. The summed E-state index contributed by atoms with van der Waals surface area (Å²) in [7, 11) is 0. The van der Waals surface area contributed by atoms with Crippen molar-refractivity contribution in [2.45, 2.75) is 59.4 Å². The van der Waals surface area contributed by atoms with Crippen molar-refractivity contribution in [1.82, 2.24) is 10.2 Å². The van der Waals surface area contributed by atoms with Crippen molar-refractivity contribution in [3.8, 4) is 0 Å². The van der Waals surface area contributed by atoms with Crippen LogP contribution < -0.4 is 5.32 Å². The van der Waals surface area contributed by atoms with Crippen LogP contribution in [0.15, 0.2) is 0 Å². The van der Waals surface area contributed by atoms with Crippen LogP contribution in [0.1, 0.15) is 53.4 Å². The lowest BCUT2D eigenvalue weighted by atomic mass is 9.97. The van der Waals surface area contributed by atoms with Gasteiger partial charge in [0.05, 0.1) is 0 Å². The fraction of sp³-hybridized carbons (Fsp3) is 0.933. The summed E-state index contributed by atoms with van der Waals surface area (Å²) in [5.74, 6) is 1.25. The van der Waals surface area contributed by atoms with E-state index in [1.54, 1.807) is 0 Å². The van der Waals surface area contributed by atoms with Crippen molar-refractivity contribution in [1.29, 1.82) is 0 Å². The third kappa shape index (κ3) is 4.27. The first-order valence-corrected chi connectivity index (χ1v) is 7.61. The van der Waals surface area contributed by atoms with Gasteiger partial charge in [-0.05, 0) is 38.1 Å². The molecule has 0 saturated carbocycles. The average molecular weight is 254 g/mol. The molecule has 106 valence electrons. The number of rotatable bonds is 5. The van der Waals surface area contributed by atoms with E-state index in [4.69, 9.17) is 0 Å². The van der Waals surface area contributed by atoms with Crippen LogP contribution in [0, 0.1) is 11.8 Å². The van der Waals surface area contributed by atoms with Gasteiger partial charge in [-0.15, -0.1) is 0 Å². The Hall–Kier alpha value is -0.570. The summed E-state index contributed by atoms with van der Waals surface area (Å²) in [5, 5.41) is 3.47. The number of hydrogen-bond acceptors (Lipinski definition) is 2. The zero-order valence-electron chi connectivity index (χ0n) is 12.5. The molecule has 1 fully saturated rings. The van der Waals surface area contributed by atoms with Crippen molar-refractivity contribution in [3.05, 3.63) is 0 Å². The zero-order valence-corrected chi connectivity index (χ0v) is 12.5. The Balaban J connectivity index is 2.74. The van der Waals surface area contributed by atoms with Crippen molar-refractivity contribution < 1.29 is 4.79 Å². The minimum Gasteiger partial charge on any atom is -0.338 e. The van der Waals surface area contributed by atoms with Gasteiger partial charge >= 0.3 is 0 Å². The van der Waals surface area contributed by atoms with Crippen LogP contribution in [0.3, 0.4) is 0 Å². The second-order valence-electron chi connectivity index (χ2n) is 5.89. The summed E-state index contributed by atoms with van der Waals surface area (Å²) < 4.78 is 0. The third-order valence-electron chi connectivity index (χ3n) is 3.93. The van der Waals surface area contributed by atoms with E-state index in [-0.39, 0.29) is 5.92 Å². The van der Waals surface area contributed by atoms with Gasteiger partial charge in [0.25, 0.3) is 0 Å². The highest BCUT2D eigenvalue weighted by molar-refractivity contribution is 5.79. The van der Waals surface area contributed by atoms with E-state index in [0.717, 1.165) is 45.3 Å². The molecule has 1 atom stereocenters. The molecule has 1 aliphatic heterocycles. The Morgan fingerprint density at radius 2 is 2.00 bits per heavy atom. The second kappa shape index (κ2) is 7.78. The minimum absolute atomic E-state index is 0.220. The first-order valence-electron chi connectivity index (χ1n) is 7.61. The lowest BCUT2D eigenvalue weighted by Crippen LogP contribution is -2.46. The molecular formula is C15H30N2O. The molecule has 1 N–H and O–H groups in total. The summed E-state index contributed by atoms with van der Waals surface area (Å²) in [6, 6.07) is 0.389. The predicted molar refractivity (Wildman–Crippen MR) is 76.5 cm³/mol. The number of carbonyl (C=O) groups is 1. The molecule has 1 heterocycles. The number of amides is 1. The number of carbonyl (C=O) groups excluding carboxylic acids is 1.